The van der Waals surface area contributed by atoms with Crippen LogP contribution in [-0.4, -0.2) is 30.4 Å². The van der Waals surface area contributed by atoms with E-state index in [0.717, 1.165) is 17.1 Å². The van der Waals surface area contributed by atoms with Crippen molar-refractivity contribution in [2.75, 3.05) is 25.6 Å². The van der Waals surface area contributed by atoms with E-state index in [-0.39, 0.29) is 13.2 Å². The zero-order valence-corrected chi connectivity index (χ0v) is 11.4. The van der Waals surface area contributed by atoms with Crippen molar-refractivity contribution in [3.05, 3.63) is 34.8 Å². The largest absolute Gasteiger partial charge is 0.493 e. The maximum absolute atomic E-state index is 8.80. The van der Waals surface area contributed by atoms with Crippen LogP contribution >= 0.6 is 11.3 Å². The number of thiazole rings is 1. The van der Waals surface area contributed by atoms with Gasteiger partial charge < -0.3 is 19.9 Å². The summed E-state index contributed by atoms with van der Waals surface area (Å²) in [6.45, 7) is 0.937. The zero-order chi connectivity index (χ0) is 13.5. The van der Waals surface area contributed by atoms with Crippen molar-refractivity contribution < 1.29 is 14.6 Å². The summed E-state index contributed by atoms with van der Waals surface area (Å²) in [5.74, 6) is 1.27. The van der Waals surface area contributed by atoms with E-state index in [4.69, 9.17) is 14.6 Å². The van der Waals surface area contributed by atoms with Crippen LogP contribution in [0.1, 0.15) is 4.88 Å². The van der Waals surface area contributed by atoms with E-state index in [9.17, 15) is 0 Å². The third-order valence-electron chi connectivity index (χ3n) is 2.46. The molecule has 2 rings (SSSR count). The molecule has 0 saturated heterocycles. The van der Waals surface area contributed by atoms with Gasteiger partial charge in [0.25, 0.3) is 0 Å². The summed E-state index contributed by atoms with van der Waals surface area (Å²) in [5, 5.41) is 12.1. The molecule has 6 heteroatoms. The molecule has 0 fully saturated rings. The summed E-state index contributed by atoms with van der Waals surface area (Å²) in [6.07, 6.45) is 1.84. The number of methoxy groups -OCH3 is 1. The van der Waals surface area contributed by atoms with Crippen LogP contribution in [0.4, 0.5) is 5.69 Å². The number of nitrogens with one attached hydrogen (secondary N) is 1. The second kappa shape index (κ2) is 6.96. The van der Waals surface area contributed by atoms with Gasteiger partial charge in [-0.15, -0.1) is 11.3 Å². The van der Waals surface area contributed by atoms with Crippen LogP contribution in [0.2, 0.25) is 0 Å². The highest BCUT2D eigenvalue weighted by Gasteiger charge is 2.06. The molecule has 0 atom stereocenters. The first-order valence-corrected chi connectivity index (χ1v) is 6.74. The van der Waals surface area contributed by atoms with Crippen molar-refractivity contribution >= 4 is 17.0 Å². The molecule has 0 amide bonds. The maximum atomic E-state index is 8.80. The van der Waals surface area contributed by atoms with Gasteiger partial charge in [-0.3, -0.25) is 4.98 Å². The average molecular weight is 280 g/mol. The number of aliphatic hydroxyl groups excluding tert-OH is 1. The van der Waals surface area contributed by atoms with Crippen LogP contribution in [0, 0.1) is 0 Å². The van der Waals surface area contributed by atoms with E-state index in [2.05, 4.69) is 10.3 Å². The lowest BCUT2D eigenvalue weighted by Gasteiger charge is -2.12. The SMILES string of the molecule is COc1ccc(NCc2cncs2)cc1OCCO. The molecule has 1 aromatic carbocycles. The van der Waals surface area contributed by atoms with E-state index in [1.807, 2.05) is 24.4 Å². The van der Waals surface area contributed by atoms with Gasteiger partial charge in [-0.1, -0.05) is 0 Å². The normalized spacial score (nSPS) is 10.2. The number of anilines is 1. The van der Waals surface area contributed by atoms with E-state index >= 15 is 0 Å². The quantitative estimate of drug-likeness (QED) is 0.813. The molecule has 0 aliphatic rings. The number of aromatic nitrogens is 1. The van der Waals surface area contributed by atoms with E-state index in [1.165, 1.54) is 0 Å². The minimum atomic E-state index is -0.0261. The molecule has 1 aromatic heterocycles. The van der Waals surface area contributed by atoms with Crippen LogP contribution < -0.4 is 14.8 Å². The molecule has 2 N–H and O–H groups in total. The van der Waals surface area contributed by atoms with Crippen LogP contribution in [0.3, 0.4) is 0 Å². The van der Waals surface area contributed by atoms with Gasteiger partial charge in [-0.2, -0.15) is 0 Å². The fourth-order valence-corrected chi connectivity index (χ4v) is 2.11. The number of ether oxygens (including phenoxy) is 2. The first-order chi connectivity index (χ1) is 9.33. The van der Waals surface area contributed by atoms with E-state index < -0.39 is 0 Å². The Bertz CT molecular complexity index is 503. The van der Waals surface area contributed by atoms with Gasteiger partial charge in [0.15, 0.2) is 11.5 Å². The molecule has 2 aromatic rings. The van der Waals surface area contributed by atoms with Gasteiger partial charge in [-0.05, 0) is 12.1 Å². The average Bonchev–Trinajstić information content (AvgIpc) is 2.96. The summed E-state index contributed by atoms with van der Waals surface area (Å²) >= 11 is 1.61. The van der Waals surface area contributed by atoms with Crippen molar-refractivity contribution in [2.24, 2.45) is 0 Å². The Morgan fingerprint density at radius 1 is 1.37 bits per heavy atom. The molecule has 0 saturated carbocycles. The molecule has 0 aliphatic carbocycles. The predicted octanol–water partition coefficient (Wildman–Crippen LogP) is 2.13. The Balaban J connectivity index is 2.04. The van der Waals surface area contributed by atoms with Crippen molar-refractivity contribution in [1.29, 1.82) is 0 Å². The highest BCUT2D eigenvalue weighted by molar-refractivity contribution is 7.09. The number of aliphatic hydroxyl groups is 1. The lowest BCUT2D eigenvalue weighted by atomic mass is 10.2. The van der Waals surface area contributed by atoms with Crippen molar-refractivity contribution in [1.82, 2.24) is 4.98 Å². The molecule has 0 radical (unpaired) electrons. The molecule has 102 valence electrons. The minimum Gasteiger partial charge on any atom is -0.493 e. The lowest BCUT2D eigenvalue weighted by molar-refractivity contribution is 0.196. The summed E-state index contributed by atoms with van der Waals surface area (Å²) < 4.78 is 10.6. The summed E-state index contributed by atoms with van der Waals surface area (Å²) in [6, 6.07) is 5.61. The summed E-state index contributed by atoms with van der Waals surface area (Å²) in [4.78, 5) is 5.19. The number of hydrogen-bond acceptors (Lipinski definition) is 6. The molecule has 1 heterocycles. The Morgan fingerprint density at radius 3 is 2.95 bits per heavy atom. The van der Waals surface area contributed by atoms with Gasteiger partial charge in [0.1, 0.15) is 6.61 Å². The van der Waals surface area contributed by atoms with E-state index in [1.54, 1.807) is 24.0 Å². The fraction of sp³-hybridized carbons (Fsp3) is 0.308. The van der Waals surface area contributed by atoms with Crippen molar-refractivity contribution in [3.63, 3.8) is 0 Å². The van der Waals surface area contributed by atoms with Crippen LogP contribution in [0.15, 0.2) is 29.9 Å². The highest BCUT2D eigenvalue weighted by atomic mass is 32.1. The summed E-state index contributed by atoms with van der Waals surface area (Å²) in [7, 11) is 1.59. The molecule has 0 bridgehead atoms. The Labute approximate surface area is 115 Å². The Morgan fingerprint density at radius 2 is 2.26 bits per heavy atom. The Kier molecular flexibility index (Phi) is 5.00. The number of benzene rings is 1. The van der Waals surface area contributed by atoms with Gasteiger partial charge in [0, 0.05) is 22.8 Å². The highest BCUT2D eigenvalue weighted by Crippen LogP contribution is 2.30. The second-order valence-electron chi connectivity index (χ2n) is 3.76. The number of rotatable bonds is 7. The van der Waals surface area contributed by atoms with Gasteiger partial charge in [-0.25, -0.2) is 0 Å². The van der Waals surface area contributed by atoms with E-state index in [0.29, 0.717) is 11.5 Å². The fourth-order valence-electron chi connectivity index (χ4n) is 1.57. The minimum absolute atomic E-state index is 0.0261. The molecule has 19 heavy (non-hydrogen) atoms. The monoisotopic (exact) mass is 280 g/mol. The topological polar surface area (TPSA) is 63.6 Å². The maximum Gasteiger partial charge on any atom is 0.163 e. The smallest absolute Gasteiger partial charge is 0.163 e. The first-order valence-electron chi connectivity index (χ1n) is 5.86. The molecular weight excluding hydrogens is 264 g/mol. The second-order valence-corrected chi connectivity index (χ2v) is 4.73. The van der Waals surface area contributed by atoms with Crippen molar-refractivity contribution in [2.45, 2.75) is 6.54 Å². The molecule has 5 nitrogen and oxygen atoms in total. The Hall–Kier alpha value is -1.79. The van der Waals surface area contributed by atoms with Crippen LogP contribution in [-0.2, 0) is 6.54 Å². The predicted molar refractivity (Wildman–Crippen MR) is 75.0 cm³/mol. The van der Waals surface area contributed by atoms with Gasteiger partial charge >= 0.3 is 0 Å². The molecule has 0 spiro atoms. The lowest BCUT2D eigenvalue weighted by Crippen LogP contribution is -2.04. The van der Waals surface area contributed by atoms with Gasteiger partial charge in [0.05, 0.1) is 25.8 Å². The number of nitrogens with zero attached hydrogens (tertiary/aromatic N) is 1. The number of hydrogen-bond donors (Lipinski definition) is 2. The zero-order valence-electron chi connectivity index (χ0n) is 10.6. The third-order valence-corrected chi connectivity index (χ3v) is 3.24. The van der Waals surface area contributed by atoms with Crippen LogP contribution in [0.5, 0.6) is 11.5 Å². The van der Waals surface area contributed by atoms with Gasteiger partial charge in [0.2, 0.25) is 0 Å². The summed E-state index contributed by atoms with van der Waals surface area (Å²) in [5.41, 5.74) is 2.74. The van der Waals surface area contributed by atoms with Crippen LogP contribution in [0.25, 0.3) is 0 Å². The standard InChI is InChI=1S/C13H16N2O3S/c1-17-12-3-2-10(6-13(12)18-5-4-16)15-8-11-7-14-9-19-11/h2-3,6-7,9,15-16H,4-5,8H2,1H3. The molecular formula is C13H16N2O3S. The first kappa shape index (κ1) is 13.6. The molecule has 0 aliphatic heterocycles. The third kappa shape index (κ3) is 3.84. The van der Waals surface area contributed by atoms with Crippen molar-refractivity contribution in [3.8, 4) is 11.5 Å². The molecule has 0 unspecified atom stereocenters.